The maximum atomic E-state index is 12.7. The van der Waals surface area contributed by atoms with Gasteiger partial charge in [0.1, 0.15) is 4.90 Å². The van der Waals surface area contributed by atoms with E-state index < -0.39 is 21.2 Å². The molecule has 3 N–H and O–H groups in total. The molecule has 0 bridgehead atoms. The molecular weight excluding hydrogens is 314 g/mol. The summed E-state index contributed by atoms with van der Waals surface area (Å²) in [5.74, 6) is 0. The number of carbonyl (C=O) groups excluding carboxylic acids is 1. The van der Waals surface area contributed by atoms with Gasteiger partial charge in [0.05, 0.1) is 11.6 Å². The number of sulfone groups is 1. The smallest absolute Gasteiger partial charge is 0.313 e. The average molecular weight is 327 g/mol. The molecule has 0 saturated carbocycles. The van der Waals surface area contributed by atoms with Crippen molar-refractivity contribution >= 4 is 15.9 Å². The first kappa shape index (κ1) is 16.3. The molecule has 0 aliphatic carbocycles. The highest BCUT2D eigenvalue weighted by atomic mass is 32.2. The van der Waals surface area contributed by atoms with Gasteiger partial charge in [-0.15, -0.1) is 0 Å². The summed E-state index contributed by atoms with van der Waals surface area (Å²) in [7, 11) is -3.97. The molecule has 0 aliphatic rings. The molecule has 0 heterocycles. The number of urea groups is 1. The number of nitrogens with two attached hydrogens (primary N) is 1. The third-order valence-corrected chi connectivity index (χ3v) is 4.96. The Morgan fingerprint density at radius 1 is 1.22 bits per heavy atom. The van der Waals surface area contributed by atoms with Crippen LogP contribution in [0.4, 0.5) is 4.79 Å². The van der Waals surface area contributed by atoms with Gasteiger partial charge in [0.2, 0.25) is 9.84 Å². The fraction of sp³-hybridized carbons (Fsp3) is 0.125. The average Bonchev–Trinajstić information content (AvgIpc) is 2.53. The summed E-state index contributed by atoms with van der Waals surface area (Å²) in [6.07, 6.45) is 0. The van der Waals surface area contributed by atoms with E-state index in [1.807, 2.05) is 6.07 Å². The van der Waals surface area contributed by atoms with E-state index >= 15 is 0 Å². The lowest BCUT2D eigenvalue weighted by Gasteiger charge is -2.18. The summed E-state index contributed by atoms with van der Waals surface area (Å²) in [5, 5.41) is 9.66. The molecule has 2 aromatic carbocycles. The molecule has 7 heteroatoms. The fourth-order valence-corrected chi connectivity index (χ4v) is 3.43. The summed E-state index contributed by atoms with van der Waals surface area (Å²) < 4.78 is 25.5. The van der Waals surface area contributed by atoms with E-state index in [1.54, 1.807) is 13.0 Å². The van der Waals surface area contributed by atoms with Crippen LogP contribution in [0.25, 0.3) is 0 Å². The number of nitrogens with one attached hydrogen (secondary N) is 1. The minimum atomic E-state index is -3.97. The quantitative estimate of drug-likeness (QED) is 0.888. The Morgan fingerprint density at radius 3 is 2.35 bits per heavy atom. The zero-order chi connectivity index (χ0) is 17.0. The van der Waals surface area contributed by atoms with Gasteiger partial charge in [-0.25, -0.2) is 13.2 Å². The molecule has 2 amide bonds. The van der Waals surface area contributed by atoms with Gasteiger partial charge in [0.25, 0.3) is 0 Å². The maximum absolute atomic E-state index is 12.7. The van der Waals surface area contributed by atoms with Crippen LogP contribution in [0.2, 0.25) is 0 Å². The molecule has 116 valence electrons. The SMILES string of the molecule is Cc1c#cc(S(=O)(=O)C(NC(N)=O)c2ccc(C#N)cc2)cc1. The second kappa shape index (κ2) is 6.39. The van der Waals surface area contributed by atoms with Crippen LogP contribution in [0, 0.1) is 30.4 Å². The number of nitriles is 1. The first-order chi connectivity index (χ1) is 10.8. The van der Waals surface area contributed by atoms with Crippen molar-refractivity contribution in [2.24, 2.45) is 5.73 Å². The monoisotopic (exact) mass is 327 g/mol. The number of hydrogen-bond donors (Lipinski definition) is 2. The van der Waals surface area contributed by atoms with Crippen LogP contribution in [-0.2, 0) is 9.84 Å². The highest BCUT2D eigenvalue weighted by molar-refractivity contribution is 7.91. The second-order valence-electron chi connectivity index (χ2n) is 4.80. The van der Waals surface area contributed by atoms with Gasteiger partial charge in [0.15, 0.2) is 5.37 Å². The fourth-order valence-electron chi connectivity index (χ4n) is 1.94. The van der Waals surface area contributed by atoms with Crippen molar-refractivity contribution in [2.75, 3.05) is 0 Å². The largest absolute Gasteiger partial charge is 0.352 e. The van der Waals surface area contributed by atoms with Gasteiger partial charge < -0.3 is 11.1 Å². The molecule has 0 radical (unpaired) electrons. The Bertz CT molecular complexity index is 851. The molecule has 0 fully saturated rings. The van der Waals surface area contributed by atoms with Crippen LogP contribution in [0.1, 0.15) is 22.1 Å². The van der Waals surface area contributed by atoms with Crippen molar-refractivity contribution in [1.82, 2.24) is 5.32 Å². The van der Waals surface area contributed by atoms with Gasteiger partial charge in [-0.2, -0.15) is 5.26 Å². The zero-order valence-electron chi connectivity index (χ0n) is 12.2. The Labute approximate surface area is 134 Å². The van der Waals surface area contributed by atoms with Crippen molar-refractivity contribution in [1.29, 1.82) is 5.26 Å². The van der Waals surface area contributed by atoms with Crippen molar-refractivity contribution in [2.45, 2.75) is 17.2 Å². The first-order valence-corrected chi connectivity index (χ1v) is 8.10. The minimum Gasteiger partial charge on any atom is -0.352 e. The van der Waals surface area contributed by atoms with E-state index in [9.17, 15) is 13.2 Å². The summed E-state index contributed by atoms with van der Waals surface area (Å²) in [5.41, 5.74) is 6.50. The van der Waals surface area contributed by atoms with Gasteiger partial charge in [0, 0.05) is 0 Å². The third kappa shape index (κ3) is 3.60. The molecule has 23 heavy (non-hydrogen) atoms. The van der Waals surface area contributed by atoms with Crippen molar-refractivity contribution in [3.05, 3.63) is 65.2 Å². The highest BCUT2D eigenvalue weighted by Crippen LogP contribution is 2.26. The molecular formula is C16H13N3O3S. The topological polar surface area (TPSA) is 113 Å². The van der Waals surface area contributed by atoms with Crippen molar-refractivity contribution in [3.8, 4) is 6.07 Å². The second-order valence-corrected chi connectivity index (χ2v) is 6.80. The molecule has 1 atom stereocenters. The number of benzene rings is 1. The van der Waals surface area contributed by atoms with E-state index in [2.05, 4.69) is 17.4 Å². The van der Waals surface area contributed by atoms with E-state index in [4.69, 9.17) is 11.0 Å². The van der Waals surface area contributed by atoms with E-state index in [-0.39, 0.29) is 10.5 Å². The van der Waals surface area contributed by atoms with Crippen molar-refractivity contribution in [3.63, 3.8) is 0 Å². The summed E-state index contributed by atoms with van der Waals surface area (Å²) in [6, 6.07) is 15.0. The highest BCUT2D eigenvalue weighted by Gasteiger charge is 2.30. The van der Waals surface area contributed by atoms with Crippen LogP contribution >= 0.6 is 0 Å². The Kier molecular flexibility index (Phi) is 4.54. The molecule has 0 aromatic heterocycles. The van der Waals surface area contributed by atoms with Gasteiger partial charge >= 0.3 is 6.03 Å². The summed E-state index contributed by atoms with van der Waals surface area (Å²) in [4.78, 5) is 11.1. The number of hydrogen-bond acceptors (Lipinski definition) is 4. The summed E-state index contributed by atoms with van der Waals surface area (Å²) >= 11 is 0. The van der Waals surface area contributed by atoms with Gasteiger partial charge in [-0.3, -0.25) is 0 Å². The van der Waals surface area contributed by atoms with Crippen LogP contribution in [0.3, 0.4) is 0 Å². The minimum absolute atomic E-state index is 0.105. The Balaban J connectivity index is 2.50. The number of primary amides is 1. The van der Waals surface area contributed by atoms with E-state index in [0.717, 1.165) is 5.56 Å². The molecule has 6 nitrogen and oxygen atoms in total. The van der Waals surface area contributed by atoms with E-state index in [0.29, 0.717) is 5.56 Å². The Morgan fingerprint density at radius 2 is 1.87 bits per heavy atom. The van der Waals surface area contributed by atoms with Gasteiger partial charge in [-0.05, 0) is 48.4 Å². The lowest BCUT2D eigenvalue weighted by molar-refractivity contribution is 0.248. The van der Waals surface area contributed by atoms with Crippen LogP contribution in [0.15, 0.2) is 41.3 Å². The number of rotatable bonds is 4. The molecule has 0 saturated heterocycles. The van der Waals surface area contributed by atoms with Crippen molar-refractivity contribution < 1.29 is 13.2 Å². The molecule has 2 rings (SSSR count). The molecule has 0 spiro atoms. The van der Waals surface area contributed by atoms with Crippen LogP contribution in [-0.4, -0.2) is 14.4 Å². The number of carbonyl (C=O) groups is 1. The molecule has 0 aliphatic heterocycles. The predicted octanol–water partition coefficient (Wildman–Crippen LogP) is 1.61. The summed E-state index contributed by atoms with van der Waals surface area (Å²) in [6.45, 7) is 1.76. The lowest BCUT2D eigenvalue weighted by atomic mass is 10.1. The normalized spacial score (nSPS) is 11.8. The number of amides is 2. The van der Waals surface area contributed by atoms with Gasteiger partial charge in [-0.1, -0.05) is 18.2 Å². The van der Waals surface area contributed by atoms with Crippen LogP contribution in [0.5, 0.6) is 0 Å². The molecule has 2 aromatic rings. The zero-order valence-corrected chi connectivity index (χ0v) is 13.0. The Hall–Kier alpha value is -3.03. The first-order valence-electron chi connectivity index (χ1n) is 6.55. The number of aryl methyl sites for hydroxylation is 1. The van der Waals surface area contributed by atoms with E-state index in [1.165, 1.54) is 30.3 Å². The standard InChI is InChI=1S/C16H13N3O3S/c1-11-2-8-14(9-3-11)23(21,22)15(19-16(18)20)13-6-4-12(10-17)5-7-13/h2,4-8,15H,1H3,(H3,18,19,20). The molecule has 1 unspecified atom stereocenters. The number of nitrogens with zero attached hydrogens (tertiary/aromatic N) is 1. The van der Waals surface area contributed by atoms with Crippen LogP contribution < -0.4 is 11.1 Å². The third-order valence-electron chi connectivity index (χ3n) is 3.10. The predicted molar refractivity (Wildman–Crippen MR) is 82.7 cm³/mol. The lowest BCUT2D eigenvalue weighted by Crippen LogP contribution is -2.37. The maximum Gasteiger partial charge on any atom is 0.313 e.